The van der Waals surface area contributed by atoms with E-state index in [1.807, 2.05) is 44.2 Å². The van der Waals surface area contributed by atoms with Gasteiger partial charge in [-0.15, -0.1) is 0 Å². The zero-order chi connectivity index (χ0) is 20.1. The summed E-state index contributed by atoms with van der Waals surface area (Å²) in [5, 5.41) is 3.47. The molecule has 1 heterocycles. The fraction of sp³-hybridized carbons (Fsp3) is 0.364. The van der Waals surface area contributed by atoms with Gasteiger partial charge in [-0.3, -0.25) is 9.59 Å². The smallest absolute Gasteiger partial charge is 0.251 e. The minimum absolute atomic E-state index is 0.0305. The predicted molar refractivity (Wildman–Crippen MR) is 109 cm³/mol. The molecule has 1 fully saturated rings. The van der Waals surface area contributed by atoms with Crippen LogP contribution in [0.2, 0.25) is 5.02 Å². The number of carbonyl (C=O) groups is 2. The van der Waals surface area contributed by atoms with Crippen molar-refractivity contribution in [1.82, 2.24) is 10.2 Å². The van der Waals surface area contributed by atoms with Crippen LogP contribution in [0, 0.1) is 0 Å². The van der Waals surface area contributed by atoms with Crippen LogP contribution in [0.4, 0.5) is 0 Å². The lowest BCUT2D eigenvalue weighted by Crippen LogP contribution is -2.55. The van der Waals surface area contributed by atoms with Crippen LogP contribution in [0.1, 0.15) is 29.8 Å². The van der Waals surface area contributed by atoms with Crippen LogP contribution >= 0.6 is 11.6 Å². The molecular weight excluding hydrogens is 376 g/mol. The van der Waals surface area contributed by atoms with Gasteiger partial charge in [0.15, 0.2) is 0 Å². The van der Waals surface area contributed by atoms with E-state index in [4.69, 9.17) is 16.3 Å². The third-order valence-corrected chi connectivity index (χ3v) is 4.98. The first kappa shape index (κ1) is 20.4. The number of halogens is 1. The highest BCUT2D eigenvalue weighted by atomic mass is 35.5. The van der Waals surface area contributed by atoms with Gasteiger partial charge in [0, 0.05) is 30.1 Å². The Hall–Kier alpha value is -2.37. The van der Waals surface area contributed by atoms with E-state index in [0.717, 1.165) is 5.56 Å². The molecule has 2 aromatic rings. The van der Waals surface area contributed by atoms with E-state index in [-0.39, 0.29) is 24.0 Å². The number of amides is 2. The van der Waals surface area contributed by atoms with E-state index in [1.54, 1.807) is 29.2 Å². The quantitative estimate of drug-likeness (QED) is 0.837. The largest absolute Gasteiger partial charge is 0.372 e. The summed E-state index contributed by atoms with van der Waals surface area (Å²) in [7, 11) is 0. The molecule has 148 valence electrons. The maximum absolute atomic E-state index is 13.2. The van der Waals surface area contributed by atoms with E-state index < -0.39 is 6.04 Å². The van der Waals surface area contributed by atoms with Crippen molar-refractivity contribution >= 4 is 23.4 Å². The highest BCUT2D eigenvalue weighted by molar-refractivity contribution is 6.30. The highest BCUT2D eigenvalue weighted by Gasteiger charge is 2.31. The van der Waals surface area contributed by atoms with Gasteiger partial charge < -0.3 is 15.0 Å². The van der Waals surface area contributed by atoms with Crippen molar-refractivity contribution in [2.24, 2.45) is 0 Å². The first-order chi connectivity index (χ1) is 13.4. The van der Waals surface area contributed by atoms with E-state index in [2.05, 4.69) is 5.32 Å². The van der Waals surface area contributed by atoms with Gasteiger partial charge in [-0.25, -0.2) is 0 Å². The summed E-state index contributed by atoms with van der Waals surface area (Å²) in [6.45, 7) is 4.94. The molecule has 0 aliphatic carbocycles. The molecule has 0 bridgehead atoms. The van der Waals surface area contributed by atoms with Crippen molar-refractivity contribution in [2.75, 3.05) is 13.1 Å². The average molecular weight is 401 g/mol. The minimum atomic E-state index is -0.650. The van der Waals surface area contributed by atoms with Crippen molar-refractivity contribution in [3.05, 3.63) is 70.7 Å². The van der Waals surface area contributed by atoms with Gasteiger partial charge in [0.2, 0.25) is 5.91 Å². The topological polar surface area (TPSA) is 58.6 Å². The molecule has 0 aromatic heterocycles. The minimum Gasteiger partial charge on any atom is -0.372 e. The first-order valence-corrected chi connectivity index (χ1v) is 9.85. The number of morpholine rings is 1. The fourth-order valence-electron chi connectivity index (χ4n) is 3.47. The third kappa shape index (κ3) is 5.33. The molecule has 5 nitrogen and oxygen atoms in total. The molecule has 0 saturated carbocycles. The third-order valence-electron chi connectivity index (χ3n) is 4.72. The molecule has 3 atom stereocenters. The highest BCUT2D eigenvalue weighted by Crippen LogP contribution is 2.15. The van der Waals surface area contributed by atoms with Crippen molar-refractivity contribution in [1.29, 1.82) is 0 Å². The summed E-state index contributed by atoms with van der Waals surface area (Å²) >= 11 is 5.90. The number of benzene rings is 2. The van der Waals surface area contributed by atoms with Crippen molar-refractivity contribution in [3.8, 4) is 0 Å². The zero-order valence-corrected chi connectivity index (χ0v) is 16.9. The lowest BCUT2D eigenvalue weighted by molar-refractivity contribution is -0.145. The standard InChI is InChI=1S/C22H25ClN2O3/c1-15-13-25(14-16(2)28-15)22(27)20(12-17-6-4-3-5-7-17)24-21(26)18-8-10-19(23)11-9-18/h3-11,15-16,20H,12-14H2,1-2H3,(H,24,26). The van der Waals surface area contributed by atoms with Crippen LogP contribution in [0.5, 0.6) is 0 Å². The number of hydrogen-bond acceptors (Lipinski definition) is 3. The number of rotatable bonds is 5. The Morgan fingerprint density at radius 1 is 1.07 bits per heavy atom. The number of nitrogens with zero attached hydrogens (tertiary/aromatic N) is 1. The first-order valence-electron chi connectivity index (χ1n) is 9.47. The summed E-state index contributed by atoms with van der Waals surface area (Å²) in [6, 6.07) is 15.7. The maximum Gasteiger partial charge on any atom is 0.251 e. The van der Waals surface area contributed by atoms with Crippen LogP contribution in [-0.4, -0.2) is 48.1 Å². The molecule has 0 spiro atoms. The predicted octanol–water partition coefficient (Wildman–Crippen LogP) is 3.32. The Balaban J connectivity index is 1.79. The second-order valence-corrected chi connectivity index (χ2v) is 7.66. The molecule has 3 rings (SSSR count). The molecule has 1 saturated heterocycles. The van der Waals surface area contributed by atoms with Crippen molar-refractivity contribution in [2.45, 2.75) is 38.5 Å². The molecule has 28 heavy (non-hydrogen) atoms. The molecule has 0 radical (unpaired) electrons. The Morgan fingerprint density at radius 2 is 1.68 bits per heavy atom. The van der Waals surface area contributed by atoms with Crippen LogP contribution in [0.25, 0.3) is 0 Å². The number of nitrogens with one attached hydrogen (secondary N) is 1. The monoisotopic (exact) mass is 400 g/mol. The van der Waals surface area contributed by atoms with Gasteiger partial charge in [0.05, 0.1) is 12.2 Å². The normalized spacial score (nSPS) is 20.5. The molecular formula is C22H25ClN2O3. The fourth-order valence-corrected chi connectivity index (χ4v) is 3.60. The van der Waals surface area contributed by atoms with Crippen LogP contribution in [-0.2, 0) is 16.0 Å². The van der Waals surface area contributed by atoms with Crippen molar-refractivity contribution < 1.29 is 14.3 Å². The van der Waals surface area contributed by atoms with E-state index in [9.17, 15) is 9.59 Å². The second kappa shape index (κ2) is 9.22. The summed E-state index contributed by atoms with van der Waals surface area (Å²) in [5.74, 6) is -0.381. The van der Waals surface area contributed by atoms with Gasteiger partial charge in [0.25, 0.3) is 5.91 Å². The molecule has 1 N–H and O–H groups in total. The van der Waals surface area contributed by atoms with E-state index in [1.165, 1.54) is 0 Å². The Kier molecular flexibility index (Phi) is 6.70. The summed E-state index contributed by atoms with van der Waals surface area (Å²) < 4.78 is 5.73. The Labute approximate surface area is 170 Å². The van der Waals surface area contributed by atoms with Gasteiger partial charge in [-0.2, -0.15) is 0 Å². The van der Waals surface area contributed by atoms with Gasteiger partial charge in [0.1, 0.15) is 6.04 Å². The molecule has 2 aromatic carbocycles. The molecule has 1 aliphatic heterocycles. The second-order valence-electron chi connectivity index (χ2n) is 7.22. The van der Waals surface area contributed by atoms with E-state index >= 15 is 0 Å². The molecule has 6 heteroatoms. The number of carbonyl (C=O) groups excluding carboxylic acids is 2. The van der Waals surface area contributed by atoms with Gasteiger partial charge in [-0.05, 0) is 43.7 Å². The number of hydrogen-bond donors (Lipinski definition) is 1. The summed E-state index contributed by atoms with van der Waals surface area (Å²) in [4.78, 5) is 27.8. The van der Waals surface area contributed by atoms with Crippen LogP contribution < -0.4 is 5.32 Å². The number of ether oxygens (including phenoxy) is 1. The Morgan fingerprint density at radius 3 is 2.29 bits per heavy atom. The lowest BCUT2D eigenvalue weighted by Gasteiger charge is -2.37. The van der Waals surface area contributed by atoms with E-state index in [0.29, 0.717) is 30.1 Å². The SMILES string of the molecule is CC1CN(C(=O)C(Cc2ccccc2)NC(=O)c2ccc(Cl)cc2)CC(C)O1. The van der Waals surface area contributed by atoms with Gasteiger partial charge >= 0.3 is 0 Å². The zero-order valence-electron chi connectivity index (χ0n) is 16.1. The summed E-state index contributed by atoms with van der Waals surface area (Å²) in [6.07, 6.45) is 0.369. The molecule has 3 unspecified atom stereocenters. The molecule has 2 amide bonds. The van der Waals surface area contributed by atoms with Crippen LogP contribution in [0.15, 0.2) is 54.6 Å². The summed E-state index contributed by atoms with van der Waals surface area (Å²) in [5.41, 5.74) is 1.46. The molecule has 1 aliphatic rings. The van der Waals surface area contributed by atoms with Crippen LogP contribution in [0.3, 0.4) is 0 Å². The van der Waals surface area contributed by atoms with Crippen molar-refractivity contribution in [3.63, 3.8) is 0 Å². The lowest BCUT2D eigenvalue weighted by atomic mass is 10.0. The van der Waals surface area contributed by atoms with Gasteiger partial charge in [-0.1, -0.05) is 41.9 Å². The maximum atomic E-state index is 13.2. The Bertz CT molecular complexity index is 800. The average Bonchev–Trinajstić information content (AvgIpc) is 2.67.